The predicted octanol–water partition coefficient (Wildman–Crippen LogP) is 6.01. The van der Waals surface area contributed by atoms with Crippen LogP contribution in [0.4, 0.5) is 0 Å². The summed E-state index contributed by atoms with van der Waals surface area (Å²) in [6, 6.07) is 0. The van der Waals surface area contributed by atoms with Gasteiger partial charge in [0.2, 0.25) is 0 Å². The molecule has 1 nitrogen and oxygen atoms in total. The van der Waals surface area contributed by atoms with Crippen molar-refractivity contribution in [2.45, 2.75) is 79.1 Å². The summed E-state index contributed by atoms with van der Waals surface area (Å²) < 4.78 is 1.42. The van der Waals surface area contributed by atoms with Gasteiger partial charge in [-0.1, -0.05) is 69.3 Å². The maximum atomic E-state index is 2.94. The average Bonchev–Trinajstić information content (AvgIpc) is 2.48. The lowest BCUT2D eigenvalue weighted by molar-refractivity contribution is -0.929. The molecule has 0 aliphatic carbocycles. The lowest BCUT2D eigenvalue weighted by Crippen LogP contribution is -2.50. The monoisotopic (exact) mass is 336 g/mol. The minimum Gasteiger partial charge on any atom is -0.324 e. The molecule has 118 valence electrons. The van der Waals surface area contributed by atoms with Crippen LogP contribution in [-0.2, 0) is 0 Å². The van der Waals surface area contributed by atoms with Gasteiger partial charge in [-0.25, -0.2) is 0 Å². The van der Waals surface area contributed by atoms with Gasteiger partial charge in [0.25, 0.3) is 0 Å². The first-order valence-corrected chi connectivity index (χ1v) is 10.1. The molecule has 0 rings (SSSR count). The van der Waals surface area contributed by atoms with Gasteiger partial charge in [0.15, 0.2) is 0 Å². The van der Waals surface area contributed by atoms with Crippen LogP contribution in [0.25, 0.3) is 0 Å². The molecule has 0 saturated carbocycles. The number of unbranched alkanes of at least 4 members (excludes halogenated alkanes) is 4. The first-order valence-electron chi connectivity index (χ1n) is 8.47. The number of halogens is 1. The van der Waals surface area contributed by atoms with Crippen molar-refractivity contribution in [3.63, 3.8) is 0 Å². The van der Waals surface area contributed by atoms with Crippen LogP contribution < -0.4 is 0 Å². The third kappa shape index (κ3) is 11.9. The highest BCUT2D eigenvalue weighted by Gasteiger charge is 2.24. The molecule has 0 aromatic carbocycles. The van der Waals surface area contributed by atoms with E-state index in [0.29, 0.717) is 0 Å². The molecule has 0 saturated heterocycles. The molecule has 0 atom stereocenters. The fourth-order valence-electron chi connectivity index (χ4n) is 2.64. The summed E-state index contributed by atoms with van der Waals surface area (Å²) >= 11 is 2.94. The number of hydrogen-bond donors (Lipinski definition) is 0. The number of nitrogens with zero attached hydrogens (tertiary/aromatic N) is 1. The van der Waals surface area contributed by atoms with E-state index < -0.39 is 0 Å². The van der Waals surface area contributed by atoms with E-state index in [1.54, 1.807) is 0 Å². The van der Waals surface area contributed by atoms with Gasteiger partial charge in [-0.2, -0.15) is 0 Å². The van der Waals surface area contributed by atoms with Crippen molar-refractivity contribution in [2.75, 3.05) is 32.0 Å². The highest BCUT2D eigenvalue weighted by molar-refractivity contribution is 9.08. The molecule has 0 bridgehead atoms. The van der Waals surface area contributed by atoms with Crippen LogP contribution in [-0.4, -0.2) is 36.5 Å². The molecule has 19 heavy (non-hydrogen) atoms. The van der Waals surface area contributed by atoms with E-state index >= 15 is 0 Å². The number of alkyl halides is 1. The Kier molecular flexibility index (Phi) is 18.9. The Morgan fingerprint density at radius 1 is 0.526 bits per heavy atom. The quantitative estimate of drug-likeness (QED) is 0.302. The van der Waals surface area contributed by atoms with Gasteiger partial charge >= 0.3 is 0 Å². The van der Waals surface area contributed by atoms with Crippen LogP contribution in [0.15, 0.2) is 0 Å². The van der Waals surface area contributed by atoms with Gasteiger partial charge in [-0.3, -0.25) is 0 Å². The van der Waals surface area contributed by atoms with Crippen molar-refractivity contribution in [1.29, 1.82) is 0 Å². The van der Waals surface area contributed by atoms with E-state index in [4.69, 9.17) is 0 Å². The van der Waals surface area contributed by atoms with Crippen LogP contribution in [0.1, 0.15) is 79.1 Å². The second-order valence-electron chi connectivity index (χ2n) is 5.65. The molecule has 0 radical (unpaired) electrons. The Morgan fingerprint density at radius 2 is 0.737 bits per heavy atom. The second-order valence-corrected chi connectivity index (χ2v) is 5.65. The maximum Gasteiger partial charge on any atom is 0.0786 e. The molecule has 0 heterocycles. The number of rotatable bonds is 12. The first-order chi connectivity index (χ1) is 9.24. The van der Waals surface area contributed by atoms with Crippen LogP contribution in [0.3, 0.4) is 0 Å². The van der Waals surface area contributed by atoms with Crippen molar-refractivity contribution in [1.82, 2.24) is 0 Å². The van der Waals surface area contributed by atoms with Crippen molar-refractivity contribution < 1.29 is 4.48 Å². The van der Waals surface area contributed by atoms with Gasteiger partial charge in [0.1, 0.15) is 0 Å². The third-order valence-corrected chi connectivity index (χ3v) is 3.94. The standard InChI is InChI=1S/C16H36N.CH3Br/c1-5-9-13-17(14-10-6-2,15-11-7-3)16-12-8-4;1-2/h5-16H2,1-4H3;1H3/q+1;. The molecule has 0 N–H and O–H groups in total. The topological polar surface area (TPSA) is 0 Å². The Balaban J connectivity index is 0. The Morgan fingerprint density at radius 3 is 0.895 bits per heavy atom. The Hall–Kier alpha value is 0.440. The Labute approximate surface area is 131 Å². The van der Waals surface area contributed by atoms with Crippen LogP contribution in [0.2, 0.25) is 0 Å². The number of hydrogen-bond acceptors (Lipinski definition) is 0. The second kappa shape index (κ2) is 16.5. The van der Waals surface area contributed by atoms with Gasteiger partial charge in [0, 0.05) is 0 Å². The summed E-state index contributed by atoms with van der Waals surface area (Å²) in [5.41, 5.74) is 0. The van der Waals surface area contributed by atoms with Crippen LogP contribution in [0, 0.1) is 0 Å². The molecule has 0 aliphatic heterocycles. The van der Waals surface area contributed by atoms with E-state index in [1.165, 1.54) is 82.0 Å². The summed E-state index contributed by atoms with van der Waals surface area (Å²) in [4.78, 5) is 0. The fraction of sp³-hybridized carbons (Fsp3) is 1.00. The minimum atomic E-state index is 1.35. The molecular weight excluding hydrogens is 298 g/mol. The zero-order valence-corrected chi connectivity index (χ0v) is 15.9. The molecule has 0 aromatic heterocycles. The highest BCUT2D eigenvalue weighted by atomic mass is 79.9. The number of quaternary nitrogens is 1. The van der Waals surface area contributed by atoms with Gasteiger partial charge in [-0.05, 0) is 31.5 Å². The van der Waals surface area contributed by atoms with E-state index in [0.717, 1.165) is 0 Å². The molecular formula is C17H39BrN+. The molecule has 0 aromatic rings. The van der Waals surface area contributed by atoms with Crippen molar-refractivity contribution in [3.8, 4) is 0 Å². The van der Waals surface area contributed by atoms with E-state index in [1.807, 2.05) is 5.83 Å². The third-order valence-electron chi connectivity index (χ3n) is 3.94. The normalized spacial score (nSPS) is 11.1. The molecule has 0 amide bonds. The zero-order valence-electron chi connectivity index (χ0n) is 14.3. The molecule has 0 unspecified atom stereocenters. The lowest BCUT2D eigenvalue weighted by atomic mass is 10.1. The summed E-state index contributed by atoms with van der Waals surface area (Å²) in [6.45, 7) is 15.0. The van der Waals surface area contributed by atoms with E-state index in [-0.39, 0.29) is 0 Å². The van der Waals surface area contributed by atoms with Crippen molar-refractivity contribution in [3.05, 3.63) is 0 Å². The smallest absolute Gasteiger partial charge is 0.0786 e. The molecule has 0 fully saturated rings. The maximum absolute atomic E-state index is 2.94. The molecule has 2 heteroatoms. The summed E-state index contributed by atoms with van der Waals surface area (Å²) in [5.74, 6) is 1.81. The average molecular weight is 337 g/mol. The van der Waals surface area contributed by atoms with Gasteiger partial charge in [0.05, 0.1) is 26.2 Å². The van der Waals surface area contributed by atoms with Crippen molar-refractivity contribution in [2.24, 2.45) is 0 Å². The zero-order chi connectivity index (χ0) is 15.0. The van der Waals surface area contributed by atoms with E-state index in [2.05, 4.69) is 43.6 Å². The Bertz CT molecular complexity index is 122. The van der Waals surface area contributed by atoms with E-state index in [9.17, 15) is 0 Å². The van der Waals surface area contributed by atoms with Crippen LogP contribution >= 0.6 is 15.9 Å². The molecule has 0 aliphatic rings. The van der Waals surface area contributed by atoms with Gasteiger partial charge in [-0.15, -0.1) is 0 Å². The largest absolute Gasteiger partial charge is 0.324 e. The summed E-state index contributed by atoms with van der Waals surface area (Å²) in [6.07, 6.45) is 11.1. The summed E-state index contributed by atoms with van der Waals surface area (Å²) in [7, 11) is 0. The van der Waals surface area contributed by atoms with Crippen LogP contribution in [0.5, 0.6) is 0 Å². The fourth-order valence-corrected chi connectivity index (χ4v) is 2.64. The lowest BCUT2D eigenvalue weighted by Gasteiger charge is -2.39. The van der Waals surface area contributed by atoms with Crippen molar-refractivity contribution >= 4 is 15.9 Å². The van der Waals surface area contributed by atoms with Gasteiger partial charge < -0.3 is 4.48 Å². The predicted molar refractivity (Wildman–Crippen MR) is 94.2 cm³/mol. The SMILES string of the molecule is CBr.CCCC[N+](CCCC)(CCCC)CCCC. The molecule has 0 spiro atoms. The summed E-state index contributed by atoms with van der Waals surface area (Å²) in [5, 5.41) is 0. The minimum absolute atomic E-state index is 1.35. The first kappa shape index (κ1) is 21.7. The highest BCUT2D eigenvalue weighted by Crippen LogP contribution is 2.16.